The first-order valence-electron chi connectivity index (χ1n) is 10.2. The van der Waals surface area contributed by atoms with E-state index in [4.69, 9.17) is 27.9 Å². The van der Waals surface area contributed by atoms with Gasteiger partial charge in [-0.3, -0.25) is 14.9 Å². The fraction of sp³-hybridized carbons (Fsp3) is 0.227. The highest BCUT2D eigenvalue weighted by Crippen LogP contribution is 2.27. The summed E-state index contributed by atoms with van der Waals surface area (Å²) < 4.78 is 7.59. The number of carbonyl (C=O) groups excluding carboxylic acids is 1. The average Bonchev–Trinajstić information content (AvgIpc) is 3.18. The maximum atomic E-state index is 12.3. The van der Waals surface area contributed by atoms with E-state index in [9.17, 15) is 14.9 Å². The molecule has 1 aromatic heterocycles. The highest BCUT2D eigenvalue weighted by atomic mass is 35.5. The summed E-state index contributed by atoms with van der Waals surface area (Å²) in [6.45, 7) is 4.69. The molecule has 9 nitrogen and oxygen atoms in total. The molecule has 12 heteroatoms. The Balaban J connectivity index is 1.53. The molecule has 0 aliphatic carbocycles. The van der Waals surface area contributed by atoms with Crippen molar-refractivity contribution in [1.82, 2.24) is 14.8 Å². The standard InChI is InChI=1S/C22H21Cl2N5O4S/c1-2-10-28-20(7-4-11-33-19-9-8-15(23)12-18(19)24)26-27-22(28)34-14-21(30)25-16-5-3-6-17(13-16)29(31)32/h2-3,5-6,8-9,12-13H,1,4,7,10-11,14H2,(H,25,30). The van der Waals surface area contributed by atoms with E-state index in [0.29, 0.717) is 52.6 Å². The number of aryl methyl sites for hydroxylation is 1. The summed E-state index contributed by atoms with van der Waals surface area (Å²) in [6, 6.07) is 10.8. The molecule has 34 heavy (non-hydrogen) atoms. The number of nitro groups is 1. The lowest BCUT2D eigenvalue weighted by molar-refractivity contribution is -0.384. The van der Waals surface area contributed by atoms with Crippen LogP contribution in [0.1, 0.15) is 12.2 Å². The lowest BCUT2D eigenvalue weighted by atomic mass is 10.3. The number of benzene rings is 2. The molecule has 0 saturated carbocycles. The Kier molecular flexibility index (Phi) is 9.32. The Morgan fingerprint density at radius 1 is 1.26 bits per heavy atom. The fourth-order valence-corrected chi connectivity index (χ4v) is 4.18. The molecule has 0 unspecified atom stereocenters. The number of halogens is 2. The van der Waals surface area contributed by atoms with Crippen LogP contribution < -0.4 is 10.1 Å². The van der Waals surface area contributed by atoms with Crippen molar-refractivity contribution in [1.29, 1.82) is 0 Å². The largest absolute Gasteiger partial charge is 0.492 e. The van der Waals surface area contributed by atoms with Gasteiger partial charge in [0, 0.05) is 35.8 Å². The minimum atomic E-state index is -0.515. The molecule has 0 aliphatic rings. The number of aromatic nitrogens is 3. The summed E-state index contributed by atoms with van der Waals surface area (Å²) in [6.07, 6.45) is 3.00. The van der Waals surface area contributed by atoms with E-state index in [1.54, 1.807) is 30.3 Å². The Morgan fingerprint density at radius 3 is 2.82 bits per heavy atom. The zero-order valence-electron chi connectivity index (χ0n) is 17.9. The van der Waals surface area contributed by atoms with Crippen LogP contribution in [0.3, 0.4) is 0 Å². The van der Waals surface area contributed by atoms with Crippen molar-refractivity contribution in [3.63, 3.8) is 0 Å². The number of allylic oxidation sites excluding steroid dienone is 1. The predicted molar refractivity (Wildman–Crippen MR) is 133 cm³/mol. The van der Waals surface area contributed by atoms with Gasteiger partial charge in [-0.2, -0.15) is 0 Å². The van der Waals surface area contributed by atoms with Crippen molar-refractivity contribution in [2.45, 2.75) is 24.5 Å². The molecule has 2 aromatic carbocycles. The Bertz CT molecular complexity index is 1190. The van der Waals surface area contributed by atoms with Crippen LogP contribution in [0.5, 0.6) is 5.75 Å². The maximum Gasteiger partial charge on any atom is 0.271 e. The molecule has 3 aromatic rings. The third-order valence-corrected chi connectivity index (χ3v) is 5.97. The van der Waals surface area contributed by atoms with Crippen LogP contribution in [0.2, 0.25) is 10.0 Å². The topological polar surface area (TPSA) is 112 Å². The number of anilines is 1. The van der Waals surface area contributed by atoms with E-state index in [-0.39, 0.29) is 17.3 Å². The van der Waals surface area contributed by atoms with Crippen LogP contribution in [0, 0.1) is 10.1 Å². The molecule has 1 N–H and O–H groups in total. The minimum Gasteiger partial charge on any atom is -0.492 e. The quantitative estimate of drug-likeness (QED) is 0.111. The van der Waals surface area contributed by atoms with E-state index < -0.39 is 4.92 Å². The molecule has 0 spiro atoms. The molecule has 178 valence electrons. The number of carbonyl (C=O) groups is 1. The summed E-state index contributed by atoms with van der Waals surface area (Å²) in [5, 5.41) is 23.5. The van der Waals surface area contributed by atoms with Gasteiger partial charge in [0.15, 0.2) is 5.16 Å². The van der Waals surface area contributed by atoms with Crippen molar-refractivity contribution in [2.24, 2.45) is 0 Å². The number of rotatable bonds is 12. The number of hydrogen-bond acceptors (Lipinski definition) is 7. The van der Waals surface area contributed by atoms with Gasteiger partial charge in [-0.25, -0.2) is 0 Å². The summed E-state index contributed by atoms with van der Waals surface area (Å²) in [5.41, 5.74) is 0.261. The number of nitrogens with zero attached hydrogens (tertiary/aromatic N) is 4. The Hall–Kier alpha value is -3.08. The fourth-order valence-electron chi connectivity index (χ4n) is 2.95. The van der Waals surface area contributed by atoms with Crippen LogP contribution in [0.4, 0.5) is 11.4 Å². The van der Waals surface area contributed by atoms with Gasteiger partial charge in [0.2, 0.25) is 5.91 Å². The molecule has 1 amide bonds. The molecular formula is C22H21Cl2N5O4S. The summed E-state index contributed by atoms with van der Waals surface area (Å²) in [7, 11) is 0. The second kappa shape index (κ2) is 12.4. The Labute approximate surface area is 210 Å². The van der Waals surface area contributed by atoms with Gasteiger partial charge in [-0.05, 0) is 30.7 Å². The lowest BCUT2D eigenvalue weighted by Crippen LogP contribution is -2.15. The molecule has 0 fully saturated rings. The number of non-ortho nitro benzene ring substituents is 1. The second-order valence-corrected chi connectivity index (χ2v) is 8.76. The third kappa shape index (κ3) is 7.21. The van der Waals surface area contributed by atoms with Crippen molar-refractivity contribution < 1.29 is 14.5 Å². The summed E-state index contributed by atoms with van der Waals surface area (Å²) in [4.78, 5) is 22.7. The lowest BCUT2D eigenvalue weighted by Gasteiger charge is -2.10. The van der Waals surface area contributed by atoms with Crippen molar-refractivity contribution in [2.75, 3.05) is 17.7 Å². The van der Waals surface area contributed by atoms with Gasteiger partial charge in [0.1, 0.15) is 11.6 Å². The molecule has 0 radical (unpaired) electrons. The number of nitro benzene ring substituents is 1. The van der Waals surface area contributed by atoms with Crippen molar-refractivity contribution >= 4 is 52.2 Å². The van der Waals surface area contributed by atoms with Crippen molar-refractivity contribution in [3.05, 3.63) is 81.1 Å². The Morgan fingerprint density at radius 2 is 2.09 bits per heavy atom. The zero-order chi connectivity index (χ0) is 24.5. The summed E-state index contributed by atoms with van der Waals surface area (Å²) in [5.74, 6) is 1.06. The van der Waals surface area contributed by atoms with Crippen molar-refractivity contribution in [3.8, 4) is 5.75 Å². The normalized spacial score (nSPS) is 10.6. The SMILES string of the molecule is C=CCn1c(CCCOc2ccc(Cl)cc2Cl)nnc1SCC(=O)Nc1cccc([N+](=O)[O-])c1. The van der Waals surface area contributed by atoms with Gasteiger partial charge in [0.05, 0.1) is 22.3 Å². The maximum absolute atomic E-state index is 12.3. The van der Waals surface area contributed by atoms with Crippen LogP contribution >= 0.6 is 35.0 Å². The molecular weight excluding hydrogens is 501 g/mol. The third-order valence-electron chi connectivity index (χ3n) is 4.47. The van der Waals surface area contributed by atoms with E-state index >= 15 is 0 Å². The van der Waals surface area contributed by atoms with Gasteiger partial charge in [-0.15, -0.1) is 16.8 Å². The smallest absolute Gasteiger partial charge is 0.271 e. The molecule has 3 rings (SSSR count). The number of thioether (sulfide) groups is 1. The molecule has 0 bridgehead atoms. The minimum absolute atomic E-state index is 0.0656. The molecule has 0 saturated heterocycles. The number of nitrogens with one attached hydrogen (secondary N) is 1. The predicted octanol–water partition coefficient (Wildman–Crippen LogP) is 5.42. The number of hydrogen-bond donors (Lipinski definition) is 1. The average molecular weight is 522 g/mol. The first-order chi connectivity index (χ1) is 16.4. The highest BCUT2D eigenvalue weighted by molar-refractivity contribution is 7.99. The number of amides is 1. The summed E-state index contributed by atoms with van der Waals surface area (Å²) >= 11 is 13.2. The molecule has 1 heterocycles. The van der Waals surface area contributed by atoms with E-state index in [2.05, 4.69) is 22.1 Å². The van der Waals surface area contributed by atoms with Crippen LogP contribution in [-0.2, 0) is 17.8 Å². The number of ether oxygens (including phenoxy) is 1. The van der Waals surface area contributed by atoms with Gasteiger partial charge in [0.25, 0.3) is 5.69 Å². The van der Waals surface area contributed by atoms with E-state index in [1.165, 1.54) is 30.0 Å². The van der Waals surface area contributed by atoms with Gasteiger partial charge >= 0.3 is 0 Å². The van der Waals surface area contributed by atoms with Gasteiger partial charge in [-0.1, -0.05) is 47.1 Å². The van der Waals surface area contributed by atoms with Crippen LogP contribution in [0.15, 0.2) is 60.3 Å². The second-order valence-electron chi connectivity index (χ2n) is 6.97. The van der Waals surface area contributed by atoms with E-state index in [0.717, 1.165) is 5.82 Å². The highest BCUT2D eigenvalue weighted by Gasteiger charge is 2.14. The van der Waals surface area contributed by atoms with Gasteiger partial charge < -0.3 is 14.6 Å². The van der Waals surface area contributed by atoms with Crippen LogP contribution in [-0.4, -0.2) is 38.0 Å². The van der Waals surface area contributed by atoms with E-state index in [1.807, 2.05) is 4.57 Å². The first-order valence-corrected chi connectivity index (χ1v) is 11.9. The first kappa shape index (κ1) is 25.5. The molecule has 0 aliphatic heterocycles. The monoisotopic (exact) mass is 521 g/mol. The van der Waals surface area contributed by atoms with Crippen LogP contribution in [0.25, 0.3) is 0 Å². The zero-order valence-corrected chi connectivity index (χ0v) is 20.3. The molecule has 0 atom stereocenters.